The Morgan fingerprint density at radius 1 is 1.40 bits per heavy atom. The van der Waals surface area contributed by atoms with Gasteiger partial charge in [0.2, 0.25) is 10.0 Å². The Morgan fingerprint density at radius 2 is 2.15 bits per heavy atom. The topological polar surface area (TPSA) is 63.2 Å². The Hall–Kier alpha value is -0.760. The van der Waals surface area contributed by atoms with Crippen LogP contribution in [0.25, 0.3) is 11.0 Å². The van der Waals surface area contributed by atoms with Crippen LogP contribution < -0.4 is 0 Å². The van der Waals surface area contributed by atoms with Crippen LogP contribution in [0.4, 0.5) is 0 Å². The van der Waals surface area contributed by atoms with Gasteiger partial charge in [0, 0.05) is 19.0 Å². The highest BCUT2D eigenvalue weighted by Crippen LogP contribution is 2.33. The summed E-state index contributed by atoms with van der Waals surface area (Å²) in [5, 5.41) is 0.197. The second-order valence-electron chi connectivity index (χ2n) is 5.11. The lowest BCUT2D eigenvalue weighted by atomic mass is 9.85. The zero-order valence-electron chi connectivity index (χ0n) is 10.9. The zero-order chi connectivity index (χ0) is 14.3. The van der Waals surface area contributed by atoms with Crippen molar-refractivity contribution in [2.75, 3.05) is 13.6 Å². The summed E-state index contributed by atoms with van der Waals surface area (Å²) in [6.07, 6.45) is 1.76. The summed E-state index contributed by atoms with van der Waals surface area (Å²) in [5.41, 5.74) is 1.07. The summed E-state index contributed by atoms with van der Waals surface area (Å²) >= 11 is 6.96. The predicted molar refractivity (Wildman–Crippen MR) is 79.6 cm³/mol. The minimum atomic E-state index is -3.53. The monoisotopic (exact) mass is 331 g/mol. The minimum absolute atomic E-state index is 0.197. The molecule has 0 bridgehead atoms. The van der Waals surface area contributed by atoms with Gasteiger partial charge in [-0.3, -0.25) is 0 Å². The fraction of sp³-hybridized carbons (Fsp3) is 0.500. The van der Waals surface area contributed by atoms with E-state index in [0.717, 1.165) is 24.6 Å². The number of sulfonamides is 1. The van der Waals surface area contributed by atoms with Crippen molar-refractivity contribution >= 4 is 44.4 Å². The average Bonchev–Trinajstić information content (AvgIpc) is 2.84. The predicted octanol–water partition coefficient (Wildman–Crippen LogP) is 2.33. The first kappa shape index (κ1) is 14.2. The molecule has 20 heavy (non-hydrogen) atoms. The van der Waals surface area contributed by atoms with E-state index in [2.05, 4.69) is 8.75 Å². The summed E-state index contributed by atoms with van der Waals surface area (Å²) in [6.45, 7) is 0.500. The maximum atomic E-state index is 12.6. The Labute approximate surface area is 126 Å². The Kier molecular flexibility index (Phi) is 3.70. The van der Waals surface area contributed by atoms with Crippen molar-refractivity contribution < 1.29 is 8.42 Å². The summed E-state index contributed by atoms with van der Waals surface area (Å²) in [4.78, 5) is 0.230. The van der Waals surface area contributed by atoms with Gasteiger partial charge >= 0.3 is 0 Å². The van der Waals surface area contributed by atoms with Crippen molar-refractivity contribution in [3.05, 3.63) is 18.2 Å². The number of aromatic nitrogens is 2. The molecule has 1 heterocycles. The molecule has 0 atom stereocenters. The molecule has 3 rings (SSSR count). The summed E-state index contributed by atoms with van der Waals surface area (Å²) in [5.74, 6) is 0.352. The number of hydrogen-bond donors (Lipinski definition) is 0. The number of rotatable bonds is 4. The minimum Gasteiger partial charge on any atom is -0.207 e. The molecule has 0 radical (unpaired) electrons. The number of hydrogen-bond acceptors (Lipinski definition) is 5. The van der Waals surface area contributed by atoms with Crippen LogP contribution in [0, 0.1) is 5.92 Å². The fourth-order valence-electron chi connectivity index (χ4n) is 2.42. The third-order valence-electron chi connectivity index (χ3n) is 3.63. The highest BCUT2D eigenvalue weighted by Gasteiger charge is 2.32. The van der Waals surface area contributed by atoms with Crippen LogP contribution in [-0.2, 0) is 10.0 Å². The van der Waals surface area contributed by atoms with Gasteiger partial charge in [-0.05, 0) is 30.9 Å². The molecule has 1 aromatic carbocycles. The van der Waals surface area contributed by atoms with Gasteiger partial charge in [0.1, 0.15) is 15.9 Å². The van der Waals surface area contributed by atoms with Crippen LogP contribution in [0.5, 0.6) is 0 Å². The molecule has 1 fully saturated rings. The molecule has 1 aromatic heterocycles. The lowest BCUT2D eigenvalue weighted by molar-refractivity contribution is 0.268. The average molecular weight is 332 g/mol. The van der Waals surface area contributed by atoms with Crippen molar-refractivity contribution in [3.8, 4) is 0 Å². The van der Waals surface area contributed by atoms with Gasteiger partial charge in [-0.1, -0.05) is 6.07 Å². The highest BCUT2D eigenvalue weighted by molar-refractivity contribution is 7.89. The molecule has 8 heteroatoms. The molecule has 1 aliphatic rings. The molecule has 0 N–H and O–H groups in total. The molecular formula is C12H14ClN3O2S2. The number of benzene rings is 1. The molecule has 0 saturated heterocycles. The summed E-state index contributed by atoms with van der Waals surface area (Å²) in [7, 11) is -1.92. The first-order valence-electron chi connectivity index (χ1n) is 6.30. The lowest BCUT2D eigenvalue weighted by Crippen LogP contribution is -2.37. The molecule has 5 nitrogen and oxygen atoms in total. The zero-order valence-corrected chi connectivity index (χ0v) is 13.2. The highest BCUT2D eigenvalue weighted by atomic mass is 35.5. The second-order valence-corrected chi connectivity index (χ2v) is 8.27. The summed E-state index contributed by atoms with van der Waals surface area (Å²) in [6, 6.07) is 5.05. The number of fused-ring (bicyclic) bond motifs is 1. The first-order chi connectivity index (χ1) is 9.48. The Balaban J connectivity index is 1.89. The van der Waals surface area contributed by atoms with Crippen molar-refractivity contribution in [2.24, 2.45) is 5.92 Å². The van der Waals surface area contributed by atoms with Crippen LogP contribution in [0.15, 0.2) is 23.1 Å². The number of alkyl halides is 1. The van der Waals surface area contributed by atoms with Gasteiger partial charge in [-0.25, -0.2) is 12.7 Å². The smallest absolute Gasteiger partial charge is 0.207 e. The molecule has 2 aromatic rings. The third kappa shape index (κ3) is 2.43. The molecule has 0 unspecified atom stereocenters. The lowest BCUT2D eigenvalue weighted by Gasteiger charge is -2.33. The third-order valence-corrected chi connectivity index (χ3v) is 6.38. The molecule has 1 saturated carbocycles. The number of nitrogens with zero attached hydrogens (tertiary/aromatic N) is 3. The Morgan fingerprint density at radius 3 is 2.85 bits per heavy atom. The van der Waals surface area contributed by atoms with Gasteiger partial charge in [-0.2, -0.15) is 8.75 Å². The first-order valence-corrected chi connectivity index (χ1v) is 8.91. The van der Waals surface area contributed by atoms with Crippen molar-refractivity contribution in [2.45, 2.75) is 23.1 Å². The Bertz CT molecular complexity index is 725. The van der Waals surface area contributed by atoms with Gasteiger partial charge in [-0.15, -0.1) is 11.6 Å². The van der Waals surface area contributed by atoms with Gasteiger partial charge in [0.25, 0.3) is 0 Å². The van der Waals surface area contributed by atoms with Crippen molar-refractivity contribution in [1.29, 1.82) is 0 Å². The van der Waals surface area contributed by atoms with E-state index in [0.29, 0.717) is 23.5 Å². The van der Waals surface area contributed by atoms with E-state index in [1.165, 1.54) is 4.31 Å². The van der Waals surface area contributed by atoms with E-state index in [9.17, 15) is 8.42 Å². The van der Waals surface area contributed by atoms with Crippen LogP contribution in [0.2, 0.25) is 0 Å². The van der Waals surface area contributed by atoms with E-state index >= 15 is 0 Å². The van der Waals surface area contributed by atoms with Crippen molar-refractivity contribution in [1.82, 2.24) is 13.1 Å². The largest absolute Gasteiger partial charge is 0.245 e. The van der Waals surface area contributed by atoms with Crippen LogP contribution in [-0.4, -0.2) is 40.4 Å². The molecule has 0 spiro atoms. The van der Waals surface area contributed by atoms with Gasteiger partial charge in [0.15, 0.2) is 0 Å². The standard InChI is InChI=1S/C12H14ClN3O2S2/c1-16(7-8-5-9(13)6-8)20(17,18)11-4-2-3-10-12(11)15-19-14-10/h2-4,8-9H,5-7H2,1H3. The molecule has 1 aliphatic carbocycles. The normalized spacial score (nSPS) is 23.1. The maximum absolute atomic E-state index is 12.6. The summed E-state index contributed by atoms with van der Waals surface area (Å²) < 4.78 is 34.8. The molecule has 0 aliphatic heterocycles. The van der Waals surface area contributed by atoms with E-state index in [-0.39, 0.29) is 10.3 Å². The van der Waals surface area contributed by atoms with Crippen LogP contribution in [0.3, 0.4) is 0 Å². The van der Waals surface area contributed by atoms with E-state index in [1.807, 2.05) is 0 Å². The van der Waals surface area contributed by atoms with Crippen LogP contribution in [0.1, 0.15) is 12.8 Å². The fourth-order valence-corrected chi connectivity index (χ4v) is 4.92. The molecule has 0 amide bonds. The van der Waals surface area contributed by atoms with Crippen LogP contribution >= 0.6 is 23.3 Å². The van der Waals surface area contributed by atoms with Gasteiger partial charge in [0.05, 0.1) is 11.7 Å². The van der Waals surface area contributed by atoms with Crippen molar-refractivity contribution in [3.63, 3.8) is 0 Å². The molecular weight excluding hydrogens is 318 g/mol. The maximum Gasteiger partial charge on any atom is 0.245 e. The number of halogens is 1. The van der Waals surface area contributed by atoms with E-state index in [4.69, 9.17) is 11.6 Å². The van der Waals surface area contributed by atoms with Gasteiger partial charge < -0.3 is 0 Å². The second kappa shape index (κ2) is 5.22. The molecule has 108 valence electrons. The van der Waals surface area contributed by atoms with E-state index in [1.54, 1.807) is 25.2 Å². The SMILES string of the molecule is CN(CC1CC(Cl)C1)S(=O)(=O)c1cccc2nsnc12. The quantitative estimate of drug-likeness (QED) is 0.807. The van der Waals surface area contributed by atoms with E-state index < -0.39 is 10.0 Å².